The van der Waals surface area contributed by atoms with Crippen LogP contribution in [0.4, 0.5) is 5.69 Å². The third kappa shape index (κ3) is 7.34. The average Bonchev–Trinajstić information content (AvgIpc) is 3.27. The maximum absolute atomic E-state index is 13.3. The van der Waals surface area contributed by atoms with Gasteiger partial charge in [0, 0.05) is 25.1 Å². The molecule has 0 aliphatic carbocycles. The van der Waals surface area contributed by atoms with Gasteiger partial charge in [-0.25, -0.2) is 23.4 Å². The highest BCUT2D eigenvalue weighted by molar-refractivity contribution is 8.14. The number of primary sulfonamides is 1. The lowest BCUT2D eigenvalue weighted by molar-refractivity contribution is -0.125. The Bertz CT molecular complexity index is 1440. The number of nitrogens with zero attached hydrogens (tertiary/aromatic N) is 3. The molecule has 40 heavy (non-hydrogen) atoms. The van der Waals surface area contributed by atoms with Gasteiger partial charge in [0.05, 0.1) is 16.3 Å². The van der Waals surface area contributed by atoms with Crippen molar-refractivity contribution in [2.75, 3.05) is 18.8 Å². The second-order valence-electron chi connectivity index (χ2n) is 9.37. The lowest BCUT2D eigenvalue weighted by Gasteiger charge is -2.25. The van der Waals surface area contributed by atoms with E-state index >= 15 is 0 Å². The molecule has 2 heterocycles. The van der Waals surface area contributed by atoms with Crippen molar-refractivity contribution in [2.24, 2.45) is 15.1 Å². The van der Waals surface area contributed by atoms with Crippen LogP contribution in [0.25, 0.3) is 0 Å². The lowest BCUT2D eigenvalue weighted by atomic mass is 10.1. The van der Waals surface area contributed by atoms with E-state index in [1.54, 1.807) is 12.1 Å². The van der Waals surface area contributed by atoms with Crippen LogP contribution in [0.15, 0.2) is 63.4 Å². The minimum atomic E-state index is -3.75. The Morgan fingerprint density at radius 1 is 1.05 bits per heavy atom. The van der Waals surface area contributed by atoms with Gasteiger partial charge in [-0.1, -0.05) is 49.4 Å². The number of benzene rings is 2. The Kier molecular flexibility index (Phi) is 9.71. The molecule has 0 spiro atoms. The number of hydrogen-bond donors (Lipinski definition) is 3. The molecule has 1 unspecified atom stereocenters. The molecule has 4 N–H and O–H groups in total. The van der Waals surface area contributed by atoms with Crippen molar-refractivity contribution in [1.82, 2.24) is 15.5 Å². The lowest BCUT2D eigenvalue weighted by Crippen LogP contribution is -2.42. The molecule has 13 heteroatoms. The highest BCUT2D eigenvalue weighted by atomic mass is 32.2. The third-order valence-electron chi connectivity index (χ3n) is 6.37. The molecule has 1 atom stereocenters. The molecular weight excluding hydrogens is 552 g/mol. The number of sulfonamides is 1. The number of thioether (sulfide) groups is 1. The van der Waals surface area contributed by atoms with Gasteiger partial charge in [-0.3, -0.25) is 19.4 Å². The van der Waals surface area contributed by atoms with Crippen molar-refractivity contribution >= 4 is 56.2 Å². The van der Waals surface area contributed by atoms with Crippen molar-refractivity contribution in [3.05, 3.63) is 59.7 Å². The van der Waals surface area contributed by atoms with Crippen molar-refractivity contribution in [3.8, 4) is 0 Å². The van der Waals surface area contributed by atoms with Gasteiger partial charge < -0.3 is 10.6 Å². The highest BCUT2D eigenvalue weighted by Crippen LogP contribution is 2.34. The van der Waals surface area contributed by atoms with Crippen molar-refractivity contribution in [1.29, 1.82) is 0 Å². The first-order valence-electron chi connectivity index (χ1n) is 13.0. The molecule has 3 amide bonds. The maximum atomic E-state index is 13.3. The summed E-state index contributed by atoms with van der Waals surface area (Å²) < 4.78 is 22.8. The number of nitrogens with two attached hydrogens (primary N) is 1. The first-order chi connectivity index (χ1) is 19.2. The van der Waals surface area contributed by atoms with Crippen molar-refractivity contribution < 1.29 is 22.8 Å². The van der Waals surface area contributed by atoms with Crippen LogP contribution in [-0.2, 0) is 30.8 Å². The number of carbonyl (C=O) groups excluding carboxylic acids is 3. The number of aliphatic imine (C=N–C) groups is 2. The number of para-hydroxylation sites is 1. The van der Waals surface area contributed by atoms with Crippen LogP contribution in [0.5, 0.6) is 0 Å². The molecule has 2 aromatic carbocycles. The van der Waals surface area contributed by atoms with Crippen LogP contribution in [0.1, 0.15) is 43.7 Å². The van der Waals surface area contributed by atoms with Gasteiger partial charge in [-0.15, -0.1) is 0 Å². The predicted octanol–water partition coefficient (Wildman–Crippen LogP) is 2.08. The quantitative estimate of drug-likeness (QED) is 0.323. The van der Waals surface area contributed by atoms with Crippen LogP contribution in [0, 0.1) is 0 Å². The molecule has 0 bridgehead atoms. The van der Waals surface area contributed by atoms with Crippen LogP contribution >= 0.6 is 11.8 Å². The van der Waals surface area contributed by atoms with E-state index < -0.39 is 16.1 Å². The second kappa shape index (κ2) is 13.2. The number of rotatable bonds is 12. The smallest absolute Gasteiger partial charge is 0.259 e. The average molecular weight is 585 g/mol. The fourth-order valence-corrected chi connectivity index (χ4v) is 5.57. The molecule has 11 nitrogen and oxygen atoms in total. The van der Waals surface area contributed by atoms with E-state index in [0.29, 0.717) is 36.2 Å². The number of amides is 3. The van der Waals surface area contributed by atoms with E-state index in [1.165, 1.54) is 17.0 Å². The number of unbranched alkanes of at least 4 members (excludes halogenated alkanes) is 1. The number of nitrogens with one attached hydrogen (secondary N) is 2. The number of hydrogen-bond acceptors (Lipinski definition) is 8. The molecule has 2 aliphatic rings. The summed E-state index contributed by atoms with van der Waals surface area (Å²) in [5.41, 5.74) is 2.24. The SMILES string of the molecule is CCCCNC(=O)CCC1N=C2c3ccccc3N=C(SCC(=O)NCCc3ccc(S(N)(=O)=O)cc3)N2C1=O. The van der Waals surface area contributed by atoms with Gasteiger partial charge >= 0.3 is 0 Å². The summed E-state index contributed by atoms with van der Waals surface area (Å²) in [4.78, 5) is 48.9. The Morgan fingerprint density at radius 2 is 1.77 bits per heavy atom. The summed E-state index contributed by atoms with van der Waals surface area (Å²) in [7, 11) is -3.75. The van der Waals surface area contributed by atoms with E-state index in [4.69, 9.17) is 5.14 Å². The first kappa shape index (κ1) is 29.4. The van der Waals surface area contributed by atoms with E-state index in [1.807, 2.05) is 24.3 Å². The molecule has 0 saturated carbocycles. The summed E-state index contributed by atoms with van der Waals surface area (Å²) in [5.74, 6) is -0.0872. The Hall–Kier alpha value is -3.55. The summed E-state index contributed by atoms with van der Waals surface area (Å²) >= 11 is 1.14. The van der Waals surface area contributed by atoms with Gasteiger partial charge in [-0.2, -0.15) is 0 Å². The Balaban J connectivity index is 1.34. The molecule has 4 rings (SSSR count). The number of amidine groups is 2. The Labute approximate surface area is 237 Å². The largest absolute Gasteiger partial charge is 0.356 e. The van der Waals surface area contributed by atoms with E-state index in [9.17, 15) is 22.8 Å². The molecule has 0 fully saturated rings. The summed E-state index contributed by atoms with van der Waals surface area (Å²) in [6, 6.07) is 12.8. The maximum Gasteiger partial charge on any atom is 0.259 e. The van der Waals surface area contributed by atoms with Crippen LogP contribution in [-0.4, -0.2) is 66.9 Å². The third-order valence-corrected chi connectivity index (χ3v) is 8.23. The molecule has 0 radical (unpaired) electrons. The zero-order valence-corrected chi connectivity index (χ0v) is 23.8. The summed E-state index contributed by atoms with van der Waals surface area (Å²) in [5, 5.41) is 11.2. The Morgan fingerprint density at radius 3 is 2.50 bits per heavy atom. The zero-order valence-electron chi connectivity index (χ0n) is 22.1. The molecule has 0 aromatic heterocycles. The molecule has 2 aliphatic heterocycles. The zero-order chi connectivity index (χ0) is 28.7. The minimum Gasteiger partial charge on any atom is -0.356 e. The van der Waals surface area contributed by atoms with Gasteiger partial charge in [0.2, 0.25) is 21.8 Å². The summed E-state index contributed by atoms with van der Waals surface area (Å²) in [6.45, 7) is 3.01. The highest BCUT2D eigenvalue weighted by Gasteiger charge is 2.41. The van der Waals surface area contributed by atoms with E-state index in [2.05, 4.69) is 27.5 Å². The van der Waals surface area contributed by atoms with E-state index in [-0.39, 0.29) is 41.2 Å². The number of fused-ring (bicyclic) bond motifs is 3. The van der Waals surface area contributed by atoms with Gasteiger partial charge in [-0.05, 0) is 49.1 Å². The second-order valence-corrected chi connectivity index (χ2v) is 11.9. The van der Waals surface area contributed by atoms with Crippen LogP contribution in [0.3, 0.4) is 0 Å². The topological polar surface area (TPSA) is 163 Å². The normalized spacial score (nSPS) is 16.1. The van der Waals surface area contributed by atoms with Gasteiger partial charge in [0.25, 0.3) is 5.91 Å². The molecular formula is C27H32N6O5S2. The summed E-state index contributed by atoms with van der Waals surface area (Å²) in [6.07, 6.45) is 2.87. The van der Waals surface area contributed by atoms with E-state index in [0.717, 1.165) is 35.7 Å². The molecule has 2 aromatic rings. The van der Waals surface area contributed by atoms with Gasteiger partial charge in [0.15, 0.2) is 5.17 Å². The van der Waals surface area contributed by atoms with Crippen LogP contribution < -0.4 is 15.8 Å². The molecule has 0 saturated heterocycles. The number of carbonyl (C=O) groups is 3. The van der Waals surface area contributed by atoms with Crippen molar-refractivity contribution in [2.45, 2.75) is 50.0 Å². The monoisotopic (exact) mass is 584 g/mol. The van der Waals surface area contributed by atoms with Crippen LogP contribution in [0.2, 0.25) is 0 Å². The predicted molar refractivity (Wildman–Crippen MR) is 155 cm³/mol. The van der Waals surface area contributed by atoms with Crippen molar-refractivity contribution in [3.63, 3.8) is 0 Å². The van der Waals surface area contributed by atoms with Gasteiger partial charge in [0.1, 0.15) is 11.9 Å². The fourth-order valence-electron chi connectivity index (χ4n) is 4.22. The standard InChI is InChI=1S/C27H32N6O5S2/c1-2-3-15-29-23(34)13-12-22-26(36)33-25(31-22)20-6-4-5-7-21(20)32-27(33)39-17-24(35)30-16-14-18-8-10-19(11-9-18)40(28,37)38/h4-11,22H,2-3,12-17H2,1H3,(H,29,34)(H,30,35)(H2,28,37,38). The first-order valence-corrected chi connectivity index (χ1v) is 15.6. The molecule has 212 valence electrons. The fraction of sp³-hybridized carbons (Fsp3) is 0.370. The minimum absolute atomic E-state index is 0.0309.